The molecule has 0 spiro atoms. The largest absolute Gasteiger partial charge is 0.302 e. The van der Waals surface area contributed by atoms with Crippen LogP contribution in [0.15, 0.2) is 35.2 Å². The highest BCUT2D eigenvalue weighted by Crippen LogP contribution is 2.29. The van der Waals surface area contributed by atoms with Crippen molar-refractivity contribution in [3.63, 3.8) is 0 Å². The highest BCUT2D eigenvalue weighted by Gasteiger charge is 2.26. The van der Waals surface area contributed by atoms with Crippen LogP contribution in [0.5, 0.6) is 0 Å². The van der Waals surface area contributed by atoms with Gasteiger partial charge in [0.25, 0.3) is 0 Å². The lowest BCUT2D eigenvalue weighted by atomic mass is 10.2. The molecule has 27 heavy (non-hydrogen) atoms. The lowest BCUT2D eigenvalue weighted by Gasteiger charge is -2.23. The van der Waals surface area contributed by atoms with Crippen molar-refractivity contribution in [3.05, 3.63) is 40.9 Å². The van der Waals surface area contributed by atoms with Gasteiger partial charge in [0, 0.05) is 30.8 Å². The number of benzene rings is 1. The molecule has 0 bridgehead atoms. The summed E-state index contributed by atoms with van der Waals surface area (Å²) in [7, 11) is -6.80. The summed E-state index contributed by atoms with van der Waals surface area (Å²) in [6.07, 6.45) is 1.46. The number of hydrogen-bond acceptors (Lipinski definition) is 7. The van der Waals surface area contributed by atoms with Gasteiger partial charge in [-0.15, -0.1) is 11.3 Å². The number of sulfone groups is 1. The van der Waals surface area contributed by atoms with E-state index in [-0.39, 0.29) is 23.6 Å². The molecular formula is C16H19N3O5S3. The first-order valence-electron chi connectivity index (χ1n) is 8.16. The van der Waals surface area contributed by atoms with Gasteiger partial charge in [0.2, 0.25) is 15.9 Å². The van der Waals surface area contributed by atoms with Gasteiger partial charge in [0.1, 0.15) is 0 Å². The molecule has 0 atom stereocenters. The van der Waals surface area contributed by atoms with Gasteiger partial charge >= 0.3 is 0 Å². The Morgan fingerprint density at radius 3 is 2.59 bits per heavy atom. The Morgan fingerprint density at radius 2 is 1.93 bits per heavy atom. The molecule has 1 amide bonds. The predicted molar refractivity (Wildman–Crippen MR) is 103 cm³/mol. The van der Waals surface area contributed by atoms with Crippen LogP contribution in [0.3, 0.4) is 0 Å². The summed E-state index contributed by atoms with van der Waals surface area (Å²) >= 11 is 1.21. The van der Waals surface area contributed by atoms with E-state index in [1.165, 1.54) is 27.8 Å². The van der Waals surface area contributed by atoms with E-state index in [0.29, 0.717) is 18.1 Å². The highest BCUT2D eigenvalue weighted by atomic mass is 32.2. The fourth-order valence-electron chi connectivity index (χ4n) is 2.66. The van der Waals surface area contributed by atoms with Gasteiger partial charge in [0.05, 0.1) is 22.6 Å². The molecule has 0 saturated heterocycles. The monoisotopic (exact) mass is 429 g/mol. The smallest absolute Gasteiger partial charge is 0.227 e. The normalized spacial score (nSPS) is 15.3. The summed E-state index contributed by atoms with van der Waals surface area (Å²) in [6, 6.07) is 7.98. The van der Waals surface area contributed by atoms with Crippen LogP contribution in [0.1, 0.15) is 17.0 Å². The third-order valence-corrected chi connectivity index (χ3v) is 8.09. The van der Waals surface area contributed by atoms with Gasteiger partial charge in [-0.3, -0.25) is 4.79 Å². The van der Waals surface area contributed by atoms with E-state index < -0.39 is 25.8 Å². The Bertz CT molecular complexity index is 1050. The maximum absolute atomic E-state index is 12.2. The van der Waals surface area contributed by atoms with Crippen LogP contribution in [0, 0.1) is 0 Å². The number of carbonyl (C=O) groups is 1. The number of aromatic nitrogens is 1. The van der Waals surface area contributed by atoms with Crippen LogP contribution in [-0.4, -0.2) is 50.6 Å². The van der Waals surface area contributed by atoms with Crippen LogP contribution in [-0.2, 0) is 37.6 Å². The minimum atomic E-state index is -3.52. The summed E-state index contributed by atoms with van der Waals surface area (Å²) in [4.78, 5) is 17.4. The Kier molecular flexibility index (Phi) is 5.65. The molecule has 0 unspecified atom stereocenters. The topological polar surface area (TPSA) is 114 Å². The van der Waals surface area contributed by atoms with Gasteiger partial charge in [-0.1, -0.05) is 18.2 Å². The fourth-order valence-corrected chi connectivity index (χ4v) is 5.83. The minimum Gasteiger partial charge on any atom is -0.302 e. The maximum atomic E-state index is 12.2. The Labute approximate surface area is 162 Å². The first kappa shape index (κ1) is 19.9. The summed E-state index contributed by atoms with van der Waals surface area (Å²) < 4.78 is 49.1. The average Bonchev–Trinajstić information content (AvgIpc) is 3.01. The van der Waals surface area contributed by atoms with E-state index in [1.807, 2.05) is 0 Å². The van der Waals surface area contributed by atoms with E-state index in [0.717, 1.165) is 16.8 Å². The van der Waals surface area contributed by atoms with Crippen LogP contribution < -0.4 is 5.32 Å². The molecule has 0 aliphatic carbocycles. The predicted octanol–water partition coefficient (Wildman–Crippen LogP) is 1.26. The van der Waals surface area contributed by atoms with Crippen LogP contribution >= 0.6 is 11.3 Å². The van der Waals surface area contributed by atoms with Gasteiger partial charge in [-0.2, -0.15) is 4.31 Å². The lowest BCUT2D eigenvalue weighted by molar-refractivity contribution is -0.115. The average molecular weight is 430 g/mol. The van der Waals surface area contributed by atoms with E-state index in [1.54, 1.807) is 18.2 Å². The molecule has 0 fully saturated rings. The molecular weight excluding hydrogens is 410 g/mol. The number of anilines is 1. The standard InChI is InChI=1S/C16H19N3O5S3/c1-26(21,22)19-9-7-13-14(11-19)25-16(17-13)18-15(20)8-10-27(23,24)12-5-3-2-4-6-12/h2-6H,7-11H2,1H3,(H,17,18,20). The number of rotatable bonds is 6. The number of amides is 1. The Balaban J connectivity index is 1.60. The van der Waals surface area contributed by atoms with Crippen molar-refractivity contribution >= 4 is 42.2 Å². The first-order valence-corrected chi connectivity index (χ1v) is 12.5. The Morgan fingerprint density at radius 1 is 1.22 bits per heavy atom. The number of nitrogens with one attached hydrogen (secondary N) is 1. The van der Waals surface area contributed by atoms with Crippen molar-refractivity contribution < 1.29 is 21.6 Å². The number of hydrogen-bond donors (Lipinski definition) is 1. The zero-order valence-electron chi connectivity index (χ0n) is 14.6. The molecule has 146 valence electrons. The molecule has 1 aliphatic rings. The van der Waals surface area contributed by atoms with Crippen molar-refractivity contribution in [2.75, 3.05) is 23.9 Å². The van der Waals surface area contributed by atoms with Crippen LogP contribution in [0.25, 0.3) is 0 Å². The summed E-state index contributed by atoms with van der Waals surface area (Å²) in [5, 5.41) is 2.97. The lowest BCUT2D eigenvalue weighted by Crippen LogP contribution is -2.34. The molecule has 1 aliphatic heterocycles. The number of sulfonamides is 1. The van der Waals surface area contributed by atoms with Crippen molar-refractivity contribution in [2.45, 2.75) is 24.3 Å². The van der Waals surface area contributed by atoms with E-state index in [4.69, 9.17) is 0 Å². The van der Waals surface area contributed by atoms with Gasteiger partial charge in [-0.05, 0) is 12.1 Å². The number of thiazole rings is 1. The number of nitrogens with zero attached hydrogens (tertiary/aromatic N) is 2. The summed E-state index contributed by atoms with van der Waals surface area (Å²) in [6.45, 7) is 0.600. The van der Waals surface area contributed by atoms with Crippen molar-refractivity contribution in [1.29, 1.82) is 0 Å². The second-order valence-corrected chi connectivity index (χ2v) is 11.3. The molecule has 0 radical (unpaired) electrons. The fraction of sp³-hybridized carbons (Fsp3) is 0.375. The molecule has 2 aromatic rings. The van der Waals surface area contributed by atoms with Gasteiger partial charge in [0.15, 0.2) is 15.0 Å². The molecule has 11 heteroatoms. The number of carbonyl (C=O) groups excluding carboxylic acids is 1. The van der Waals surface area contributed by atoms with Gasteiger partial charge in [-0.25, -0.2) is 21.8 Å². The third-order valence-electron chi connectivity index (χ3n) is 4.11. The summed E-state index contributed by atoms with van der Waals surface area (Å²) in [5.41, 5.74) is 0.770. The molecule has 1 aromatic heterocycles. The molecule has 0 saturated carbocycles. The van der Waals surface area contributed by atoms with Gasteiger partial charge < -0.3 is 5.32 Å². The molecule has 8 nitrogen and oxygen atoms in total. The molecule has 3 rings (SSSR count). The number of fused-ring (bicyclic) bond motifs is 1. The first-order chi connectivity index (χ1) is 12.6. The van der Waals surface area contributed by atoms with E-state index >= 15 is 0 Å². The van der Waals surface area contributed by atoms with E-state index in [2.05, 4.69) is 10.3 Å². The third kappa shape index (κ3) is 4.92. The second kappa shape index (κ2) is 7.66. The van der Waals surface area contributed by atoms with Crippen molar-refractivity contribution in [3.8, 4) is 0 Å². The minimum absolute atomic E-state index is 0.184. The zero-order chi connectivity index (χ0) is 19.7. The molecule has 1 aromatic carbocycles. The second-order valence-electron chi connectivity index (χ2n) is 6.17. The van der Waals surface area contributed by atoms with Crippen molar-refractivity contribution in [2.24, 2.45) is 0 Å². The quantitative estimate of drug-likeness (QED) is 0.740. The molecule has 1 N–H and O–H groups in total. The highest BCUT2D eigenvalue weighted by molar-refractivity contribution is 7.91. The summed E-state index contributed by atoms with van der Waals surface area (Å²) in [5.74, 6) is -0.740. The van der Waals surface area contributed by atoms with Crippen LogP contribution in [0.4, 0.5) is 5.13 Å². The van der Waals surface area contributed by atoms with Crippen LogP contribution in [0.2, 0.25) is 0 Å². The maximum Gasteiger partial charge on any atom is 0.227 e. The Hall–Kier alpha value is -1.82. The SMILES string of the molecule is CS(=O)(=O)N1CCc2nc(NC(=O)CCS(=O)(=O)c3ccccc3)sc2C1. The molecule has 2 heterocycles. The van der Waals surface area contributed by atoms with Crippen molar-refractivity contribution in [1.82, 2.24) is 9.29 Å². The zero-order valence-corrected chi connectivity index (χ0v) is 17.0. The van der Waals surface area contributed by atoms with E-state index in [9.17, 15) is 21.6 Å².